The van der Waals surface area contributed by atoms with Crippen LogP contribution >= 0.6 is 15.9 Å². The highest BCUT2D eigenvalue weighted by Crippen LogP contribution is 2.42. The van der Waals surface area contributed by atoms with Gasteiger partial charge in [-0.3, -0.25) is 0 Å². The van der Waals surface area contributed by atoms with Gasteiger partial charge in [0.05, 0.1) is 35.5 Å². The first-order valence-electron chi connectivity index (χ1n) is 10.6. The van der Waals surface area contributed by atoms with E-state index in [-0.39, 0.29) is 23.8 Å². The second-order valence-electron chi connectivity index (χ2n) is 9.05. The summed E-state index contributed by atoms with van der Waals surface area (Å²) in [5, 5.41) is 0. The van der Waals surface area contributed by atoms with Gasteiger partial charge >= 0.3 is 5.97 Å². The molecule has 0 amide bonds. The molecule has 0 unspecified atom stereocenters. The fraction of sp³-hybridized carbons (Fsp3) is 0.714. The molecule has 172 valence electrons. The molecule has 0 aliphatic carbocycles. The minimum absolute atomic E-state index is 0.150. The van der Waals surface area contributed by atoms with Gasteiger partial charge in [-0.15, -0.1) is 0 Å². The Kier molecular flexibility index (Phi) is 7.22. The van der Waals surface area contributed by atoms with Gasteiger partial charge in [-0.2, -0.15) is 4.40 Å². The number of nitrogens with zero attached hydrogens (tertiary/aromatic N) is 4. The molecular formula is C21H31BrN4O4S. The van der Waals surface area contributed by atoms with Gasteiger partial charge in [0.1, 0.15) is 15.6 Å². The molecule has 0 saturated carbocycles. The number of piperidine rings is 1. The van der Waals surface area contributed by atoms with E-state index in [1.807, 2.05) is 34.6 Å². The lowest BCUT2D eigenvalue weighted by Gasteiger charge is -2.39. The summed E-state index contributed by atoms with van der Waals surface area (Å²) >= 11 is 3.36. The van der Waals surface area contributed by atoms with E-state index in [9.17, 15) is 9.00 Å². The first-order chi connectivity index (χ1) is 14.5. The van der Waals surface area contributed by atoms with Crippen molar-refractivity contribution in [1.82, 2.24) is 9.97 Å². The highest BCUT2D eigenvalue weighted by atomic mass is 79.9. The lowest BCUT2D eigenvalue weighted by atomic mass is 9.75. The van der Waals surface area contributed by atoms with Crippen LogP contribution in [0.4, 0.5) is 5.82 Å². The summed E-state index contributed by atoms with van der Waals surface area (Å²) in [6.45, 7) is 13.5. The molecule has 0 bridgehead atoms. The number of aromatic nitrogens is 2. The zero-order valence-corrected chi connectivity index (χ0v) is 21.4. The molecule has 0 radical (unpaired) electrons. The van der Waals surface area contributed by atoms with Crippen molar-refractivity contribution in [2.24, 2.45) is 9.81 Å². The van der Waals surface area contributed by atoms with Crippen molar-refractivity contribution in [3.05, 3.63) is 16.0 Å². The molecule has 8 nitrogen and oxygen atoms in total. The van der Waals surface area contributed by atoms with E-state index >= 15 is 0 Å². The normalized spacial score (nSPS) is 23.4. The monoisotopic (exact) mass is 514 g/mol. The molecule has 2 aliphatic heterocycles. The molecule has 31 heavy (non-hydrogen) atoms. The molecule has 0 aromatic carbocycles. The smallest absolute Gasteiger partial charge is 0.360 e. The standard InChI is InChI=1S/C21H31BrN4O4S/c1-7-29-19(27)15-18(23-13(2)17(22)24-15)26-10-8-21(9-11-26)12-30-14(3)16(21)25-31(28)20(4,5)6/h14H,7-12H2,1-6H3/t14-,31+/m0/s1. The second-order valence-corrected chi connectivity index (χ2v) is 11.7. The van der Waals surface area contributed by atoms with Crippen molar-refractivity contribution in [2.75, 3.05) is 31.2 Å². The van der Waals surface area contributed by atoms with E-state index in [1.54, 1.807) is 6.92 Å². The summed E-state index contributed by atoms with van der Waals surface area (Å²) in [6.07, 6.45) is 1.40. The summed E-state index contributed by atoms with van der Waals surface area (Å²) in [5.41, 5.74) is 1.58. The van der Waals surface area contributed by atoms with Crippen LogP contribution in [0.1, 0.15) is 63.6 Å². The predicted molar refractivity (Wildman–Crippen MR) is 125 cm³/mol. The van der Waals surface area contributed by atoms with E-state index < -0.39 is 21.7 Å². The Labute approximate surface area is 194 Å². The van der Waals surface area contributed by atoms with Crippen LogP contribution in [0.15, 0.2) is 9.00 Å². The number of hydrogen-bond donors (Lipinski definition) is 0. The lowest BCUT2D eigenvalue weighted by molar-refractivity contribution is 0.0519. The Morgan fingerprint density at radius 3 is 2.58 bits per heavy atom. The van der Waals surface area contributed by atoms with E-state index in [1.165, 1.54) is 0 Å². The molecule has 10 heteroatoms. The summed E-state index contributed by atoms with van der Waals surface area (Å²) in [5.74, 6) is 0.0596. The van der Waals surface area contributed by atoms with Gasteiger partial charge in [0.25, 0.3) is 0 Å². The highest BCUT2D eigenvalue weighted by Gasteiger charge is 2.48. The van der Waals surface area contributed by atoms with Crippen molar-refractivity contribution in [3.63, 3.8) is 0 Å². The zero-order valence-electron chi connectivity index (χ0n) is 19.0. The number of ether oxygens (including phenoxy) is 2. The van der Waals surface area contributed by atoms with Gasteiger partial charge in [-0.25, -0.2) is 19.0 Å². The number of halogens is 1. The third-order valence-corrected chi connectivity index (χ3v) is 7.89. The Bertz CT molecular complexity index is 907. The van der Waals surface area contributed by atoms with E-state index in [0.29, 0.717) is 35.8 Å². The molecule has 1 aromatic heterocycles. The van der Waals surface area contributed by atoms with Crippen LogP contribution in [0.5, 0.6) is 0 Å². The number of carbonyl (C=O) groups excluding carboxylic acids is 1. The number of hydrogen-bond acceptors (Lipinski definition) is 7. The van der Waals surface area contributed by atoms with Crippen LogP contribution in [0.2, 0.25) is 0 Å². The number of anilines is 1. The van der Waals surface area contributed by atoms with Crippen molar-refractivity contribution in [3.8, 4) is 0 Å². The maximum atomic E-state index is 12.7. The second kappa shape index (κ2) is 9.23. The van der Waals surface area contributed by atoms with Crippen LogP contribution in [0.25, 0.3) is 0 Å². The molecule has 3 rings (SSSR count). The Morgan fingerprint density at radius 2 is 2.00 bits per heavy atom. The Balaban J connectivity index is 1.87. The lowest BCUT2D eigenvalue weighted by Crippen LogP contribution is -2.46. The van der Waals surface area contributed by atoms with E-state index in [0.717, 1.165) is 18.6 Å². The number of esters is 1. The van der Waals surface area contributed by atoms with Crippen LogP contribution in [0.3, 0.4) is 0 Å². The minimum atomic E-state index is -1.33. The Hall–Kier alpha value is -1.39. The fourth-order valence-electron chi connectivity index (χ4n) is 3.86. The predicted octanol–water partition coefficient (Wildman–Crippen LogP) is 3.63. The van der Waals surface area contributed by atoms with Gasteiger partial charge in [0.2, 0.25) is 0 Å². The Morgan fingerprint density at radius 1 is 1.35 bits per heavy atom. The molecule has 2 aliphatic rings. The SMILES string of the molecule is CCOC(=O)c1nc(Br)c(C)nc1N1CCC2(CC1)CO[C@@H](C)C2=N[S@](=O)C(C)(C)C. The van der Waals surface area contributed by atoms with Crippen LogP contribution < -0.4 is 4.90 Å². The third kappa shape index (κ3) is 5.01. The first-order valence-corrected chi connectivity index (χ1v) is 12.5. The summed E-state index contributed by atoms with van der Waals surface area (Å²) in [6, 6.07) is 0. The minimum Gasteiger partial charge on any atom is -0.461 e. The summed E-state index contributed by atoms with van der Waals surface area (Å²) in [7, 11) is -1.33. The van der Waals surface area contributed by atoms with Crippen LogP contribution in [-0.2, 0) is 20.5 Å². The van der Waals surface area contributed by atoms with Gasteiger partial charge < -0.3 is 14.4 Å². The molecule has 2 fully saturated rings. The molecular weight excluding hydrogens is 484 g/mol. The number of aryl methyl sites for hydroxylation is 1. The molecule has 0 N–H and O–H groups in total. The molecule has 1 aromatic rings. The van der Waals surface area contributed by atoms with Crippen LogP contribution in [0, 0.1) is 12.3 Å². The van der Waals surface area contributed by atoms with Gasteiger partial charge in [0.15, 0.2) is 11.5 Å². The highest BCUT2D eigenvalue weighted by molar-refractivity contribution is 9.10. The van der Waals surface area contributed by atoms with Gasteiger partial charge in [-0.05, 0) is 70.3 Å². The fourth-order valence-corrected chi connectivity index (χ4v) is 4.92. The van der Waals surface area contributed by atoms with Gasteiger partial charge in [0, 0.05) is 18.5 Å². The van der Waals surface area contributed by atoms with Crippen molar-refractivity contribution in [2.45, 2.75) is 65.2 Å². The third-order valence-electron chi connectivity index (χ3n) is 5.73. The summed E-state index contributed by atoms with van der Waals surface area (Å²) < 4.78 is 28.6. The molecule has 2 saturated heterocycles. The molecule has 3 heterocycles. The molecule has 1 spiro atoms. The first kappa shape index (κ1) is 24.3. The topological polar surface area (TPSA) is 94.0 Å². The number of rotatable bonds is 4. The average molecular weight is 515 g/mol. The van der Waals surface area contributed by atoms with Gasteiger partial charge in [-0.1, -0.05) is 0 Å². The maximum absolute atomic E-state index is 12.7. The largest absolute Gasteiger partial charge is 0.461 e. The van der Waals surface area contributed by atoms with Crippen molar-refractivity contribution < 1.29 is 18.5 Å². The molecule has 2 atom stereocenters. The number of carbonyl (C=O) groups is 1. The van der Waals surface area contributed by atoms with E-state index in [2.05, 4.69) is 35.2 Å². The maximum Gasteiger partial charge on any atom is 0.360 e. The van der Waals surface area contributed by atoms with Crippen LogP contribution in [-0.4, -0.2) is 63.0 Å². The van der Waals surface area contributed by atoms with E-state index in [4.69, 9.17) is 9.47 Å². The quantitative estimate of drug-likeness (QED) is 0.566. The van der Waals surface area contributed by atoms with Crippen molar-refractivity contribution in [1.29, 1.82) is 0 Å². The zero-order chi connectivity index (χ0) is 23.0. The average Bonchev–Trinajstić information content (AvgIpc) is 2.99. The van der Waals surface area contributed by atoms with Crippen molar-refractivity contribution >= 4 is 44.4 Å². The summed E-state index contributed by atoms with van der Waals surface area (Å²) in [4.78, 5) is 23.6.